The maximum atomic E-state index is 6.02. The van der Waals surface area contributed by atoms with Crippen molar-refractivity contribution in [2.75, 3.05) is 20.1 Å². The van der Waals surface area contributed by atoms with Gasteiger partial charge in [0, 0.05) is 19.1 Å². The fourth-order valence-corrected chi connectivity index (χ4v) is 2.50. The Balaban J connectivity index is 2.09. The van der Waals surface area contributed by atoms with Gasteiger partial charge in [0.15, 0.2) is 0 Å². The molecule has 58 valence electrons. The van der Waals surface area contributed by atoms with E-state index in [1.54, 1.807) is 0 Å². The van der Waals surface area contributed by atoms with E-state index in [0.29, 0.717) is 6.04 Å². The van der Waals surface area contributed by atoms with Crippen molar-refractivity contribution in [3.8, 4) is 0 Å². The second kappa shape index (κ2) is 2.21. The first-order valence-electron chi connectivity index (χ1n) is 4.21. The van der Waals surface area contributed by atoms with Crippen molar-refractivity contribution >= 4 is 0 Å². The molecule has 0 radical (unpaired) electrons. The first-order valence-corrected chi connectivity index (χ1v) is 4.21. The molecule has 0 aromatic rings. The quantitative estimate of drug-likeness (QED) is 0.524. The molecule has 1 saturated heterocycles. The number of hydrogen-bond donors (Lipinski definition) is 1. The summed E-state index contributed by atoms with van der Waals surface area (Å²) in [6.07, 6.45) is 2.74. The van der Waals surface area contributed by atoms with Gasteiger partial charge in [-0.2, -0.15) is 0 Å². The number of fused-ring (bicyclic) bond motifs is 2. The Kier molecular flexibility index (Phi) is 1.46. The van der Waals surface area contributed by atoms with Gasteiger partial charge in [0.2, 0.25) is 0 Å². The average molecular weight is 140 g/mol. The van der Waals surface area contributed by atoms with E-state index in [9.17, 15) is 0 Å². The summed E-state index contributed by atoms with van der Waals surface area (Å²) in [6, 6.07) is 0.524. The Hall–Kier alpha value is -0.0800. The largest absolute Gasteiger partial charge is 0.327 e. The predicted octanol–water partition coefficient (Wildman–Crippen LogP) is 0.285. The molecule has 0 amide bonds. The lowest BCUT2D eigenvalue weighted by atomic mass is 9.94. The zero-order chi connectivity index (χ0) is 7.14. The molecule has 10 heavy (non-hydrogen) atoms. The average Bonchev–Trinajstić information content (AvgIpc) is 2.20. The lowest BCUT2D eigenvalue weighted by molar-refractivity contribution is 0.177. The van der Waals surface area contributed by atoms with E-state index in [1.165, 1.54) is 25.9 Å². The molecule has 2 fully saturated rings. The maximum absolute atomic E-state index is 6.02. The van der Waals surface area contributed by atoms with Crippen molar-refractivity contribution < 1.29 is 0 Å². The van der Waals surface area contributed by atoms with Crippen molar-refractivity contribution in [3.05, 3.63) is 0 Å². The fraction of sp³-hybridized carbons (Fsp3) is 1.00. The molecule has 1 heterocycles. The molecular formula is C8H16N2. The fourth-order valence-electron chi connectivity index (χ4n) is 2.50. The molecule has 0 unspecified atom stereocenters. The molecule has 2 aliphatic rings. The molecule has 1 saturated carbocycles. The summed E-state index contributed by atoms with van der Waals surface area (Å²) in [4.78, 5) is 2.42. The topological polar surface area (TPSA) is 29.3 Å². The summed E-state index contributed by atoms with van der Waals surface area (Å²) < 4.78 is 0. The van der Waals surface area contributed by atoms with Gasteiger partial charge in [-0.25, -0.2) is 0 Å². The predicted molar refractivity (Wildman–Crippen MR) is 41.7 cm³/mol. The molecular weight excluding hydrogens is 124 g/mol. The molecule has 0 aromatic carbocycles. The highest BCUT2D eigenvalue weighted by Crippen LogP contribution is 2.34. The highest BCUT2D eigenvalue weighted by molar-refractivity contribution is 4.94. The third kappa shape index (κ3) is 0.867. The van der Waals surface area contributed by atoms with Crippen LogP contribution in [0.5, 0.6) is 0 Å². The Bertz CT molecular complexity index is 121. The summed E-state index contributed by atoms with van der Waals surface area (Å²) >= 11 is 0. The van der Waals surface area contributed by atoms with Gasteiger partial charge in [-0.15, -0.1) is 0 Å². The van der Waals surface area contributed by atoms with Gasteiger partial charge >= 0.3 is 0 Å². The van der Waals surface area contributed by atoms with Gasteiger partial charge in [-0.1, -0.05) is 0 Å². The van der Waals surface area contributed by atoms with Crippen LogP contribution in [0.4, 0.5) is 0 Å². The molecule has 2 atom stereocenters. The van der Waals surface area contributed by atoms with Crippen LogP contribution in [0, 0.1) is 11.8 Å². The van der Waals surface area contributed by atoms with Gasteiger partial charge in [0.1, 0.15) is 0 Å². The van der Waals surface area contributed by atoms with Crippen LogP contribution in [0.1, 0.15) is 12.8 Å². The summed E-state index contributed by atoms with van der Waals surface area (Å²) in [5.41, 5.74) is 6.02. The minimum absolute atomic E-state index is 0.524. The molecule has 0 spiro atoms. The Labute approximate surface area is 62.4 Å². The number of likely N-dealkylation sites (tertiary alicyclic amines) is 1. The van der Waals surface area contributed by atoms with Crippen LogP contribution >= 0.6 is 0 Å². The van der Waals surface area contributed by atoms with Gasteiger partial charge in [-0.3, -0.25) is 0 Å². The Morgan fingerprint density at radius 3 is 2.20 bits per heavy atom. The summed E-state index contributed by atoms with van der Waals surface area (Å²) in [5.74, 6) is 1.62. The molecule has 2 nitrogen and oxygen atoms in total. The molecule has 2 heteroatoms. The van der Waals surface area contributed by atoms with E-state index in [0.717, 1.165) is 11.8 Å². The third-order valence-electron chi connectivity index (χ3n) is 3.09. The van der Waals surface area contributed by atoms with Crippen LogP contribution < -0.4 is 5.73 Å². The number of piperidine rings is 1. The smallest absolute Gasteiger partial charge is 0.0120 e. The Morgan fingerprint density at radius 2 is 1.70 bits per heavy atom. The van der Waals surface area contributed by atoms with E-state index in [1.807, 2.05) is 0 Å². The van der Waals surface area contributed by atoms with Crippen LogP contribution in [0.15, 0.2) is 0 Å². The number of nitrogens with zero attached hydrogens (tertiary/aromatic N) is 1. The minimum Gasteiger partial charge on any atom is -0.327 e. The van der Waals surface area contributed by atoms with Gasteiger partial charge in [0.05, 0.1) is 0 Å². The summed E-state index contributed by atoms with van der Waals surface area (Å²) in [6.45, 7) is 2.47. The lowest BCUT2D eigenvalue weighted by Crippen LogP contribution is -2.47. The van der Waals surface area contributed by atoms with Crippen LogP contribution in [0.3, 0.4) is 0 Å². The van der Waals surface area contributed by atoms with Gasteiger partial charge < -0.3 is 10.6 Å². The van der Waals surface area contributed by atoms with E-state index >= 15 is 0 Å². The van der Waals surface area contributed by atoms with Crippen molar-refractivity contribution in [1.29, 1.82) is 0 Å². The molecule has 2 bridgehead atoms. The summed E-state index contributed by atoms with van der Waals surface area (Å²) in [5, 5.41) is 0. The molecule has 1 aliphatic carbocycles. The first kappa shape index (κ1) is 6.62. The van der Waals surface area contributed by atoms with E-state index in [-0.39, 0.29) is 0 Å². The number of hydrogen-bond acceptors (Lipinski definition) is 2. The molecule has 1 aliphatic heterocycles. The molecule has 2 rings (SSSR count). The van der Waals surface area contributed by atoms with Crippen molar-refractivity contribution in [3.63, 3.8) is 0 Å². The lowest BCUT2D eigenvalue weighted by Gasteiger charge is -2.33. The first-order chi connectivity index (χ1) is 4.77. The van der Waals surface area contributed by atoms with Gasteiger partial charge in [0.25, 0.3) is 0 Å². The highest BCUT2D eigenvalue weighted by Gasteiger charge is 2.38. The number of nitrogens with two attached hydrogens (primary N) is 1. The van der Waals surface area contributed by atoms with Crippen LogP contribution in [-0.2, 0) is 0 Å². The maximum Gasteiger partial charge on any atom is 0.0120 e. The number of rotatable bonds is 0. The van der Waals surface area contributed by atoms with Crippen molar-refractivity contribution in [2.45, 2.75) is 18.9 Å². The second-order valence-corrected chi connectivity index (χ2v) is 3.90. The zero-order valence-electron chi connectivity index (χ0n) is 6.59. The molecule has 0 aromatic heterocycles. The highest BCUT2D eigenvalue weighted by atomic mass is 15.1. The third-order valence-corrected chi connectivity index (χ3v) is 3.09. The SMILES string of the molecule is CN1C[C@@H]2CC[C@@H](C1)C2N. The summed E-state index contributed by atoms with van der Waals surface area (Å²) in [7, 11) is 2.21. The van der Waals surface area contributed by atoms with Crippen LogP contribution in [-0.4, -0.2) is 31.1 Å². The van der Waals surface area contributed by atoms with Gasteiger partial charge in [-0.05, 0) is 31.7 Å². The molecule has 2 N–H and O–H groups in total. The zero-order valence-corrected chi connectivity index (χ0v) is 6.59. The standard InChI is InChI=1S/C8H16N2/c1-10-4-6-2-3-7(5-10)8(6)9/h6-8H,2-5,9H2,1H3/t6-,7-/m0/s1. The second-order valence-electron chi connectivity index (χ2n) is 3.90. The van der Waals surface area contributed by atoms with Crippen molar-refractivity contribution in [2.24, 2.45) is 17.6 Å². The van der Waals surface area contributed by atoms with E-state index in [2.05, 4.69) is 11.9 Å². The minimum atomic E-state index is 0.524. The monoisotopic (exact) mass is 140 g/mol. The van der Waals surface area contributed by atoms with Crippen molar-refractivity contribution in [1.82, 2.24) is 4.90 Å². The normalized spacial score (nSPS) is 48.0. The van der Waals surface area contributed by atoms with Crippen LogP contribution in [0.25, 0.3) is 0 Å². The Morgan fingerprint density at radius 1 is 1.20 bits per heavy atom. The van der Waals surface area contributed by atoms with E-state index in [4.69, 9.17) is 5.73 Å². The van der Waals surface area contributed by atoms with E-state index < -0.39 is 0 Å². The van der Waals surface area contributed by atoms with Crippen LogP contribution in [0.2, 0.25) is 0 Å².